The molecule has 19 heavy (non-hydrogen) atoms. The second-order valence-corrected chi connectivity index (χ2v) is 4.24. The lowest BCUT2D eigenvalue weighted by Crippen LogP contribution is -2.34. The van der Waals surface area contributed by atoms with Crippen LogP contribution in [0.3, 0.4) is 0 Å². The lowest BCUT2D eigenvalue weighted by molar-refractivity contribution is -0.137. The first-order chi connectivity index (χ1) is 9.02. The largest absolute Gasteiger partial charge is 0.395 e. The van der Waals surface area contributed by atoms with E-state index in [9.17, 15) is 14.0 Å². The molecule has 0 saturated heterocycles. The molecule has 1 aromatic rings. The van der Waals surface area contributed by atoms with E-state index in [2.05, 4.69) is 5.32 Å². The highest BCUT2D eigenvalue weighted by atomic mass is 35.5. The van der Waals surface area contributed by atoms with Gasteiger partial charge in [-0.2, -0.15) is 0 Å². The van der Waals surface area contributed by atoms with Gasteiger partial charge in [-0.3, -0.25) is 14.5 Å². The van der Waals surface area contributed by atoms with Crippen LogP contribution in [0, 0.1) is 5.82 Å². The van der Waals surface area contributed by atoms with Gasteiger partial charge in [0.25, 0.3) is 11.8 Å². The maximum Gasteiger partial charge on any atom is 0.277 e. The Kier molecular flexibility index (Phi) is 3.82. The van der Waals surface area contributed by atoms with Gasteiger partial charge in [-0.1, -0.05) is 11.6 Å². The number of hydrogen-bond donors (Lipinski definition) is 2. The van der Waals surface area contributed by atoms with Gasteiger partial charge in [0.1, 0.15) is 11.5 Å². The standard InChI is InChI=1S/C12H10ClFN2O3/c13-8-2-1-7(5-9(8)14)15-10-6-11(18)16(3-4-17)12(10)19/h1-2,5-6,15,17H,3-4H2. The number of aliphatic hydroxyl groups excluding tert-OH is 1. The van der Waals surface area contributed by atoms with Gasteiger partial charge in [-0.15, -0.1) is 0 Å². The summed E-state index contributed by atoms with van der Waals surface area (Å²) < 4.78 is 13.2. The number of rotatable bonds is 4. The summed E-state index contributed by atoms with van der Waals surface area (Å²) in [4.78, 5) is 24.2. The zero-order chi connectivity index (χ0) is 14.0. The molecule has 0 radical (unpaired) electrons. The third-order valence-corrected chi connectivity index (χ3v) is 2.84. The molecule has 0 atom stereocenters. The van der Waals surface area contributed by atoms with Crippen LogP contribution in [0.15, 0.2) is 30.0 Å². The van der Waals surface area contributed by atoms with Crippen molar-refractivity contribution in [1.82, 2.24) is 4.90 Å². The summed E-state index contributed by atoms with van der Waals surface area (Å²) >= 11 is 5.54. The molecule has 2 N–H and O–H groups in total. The maximum absolute atomic E-state index is 13.2. The summed E-state index contributed by atoms with van der Waals surface area (Å²) in [6.45, 7) is -0.386. The van der Waals surface area contributed by atoms with Gasteiger partial charge in [0.05, 0.1) is 18.2 Å². The summed E-state index contributed by atoms with van der Waals surface area (Å²) in [7, 11) is 0. The van der Waals surface area contributed by atoms with Gasteiger partial charge < -0.3 is 10.4 Å². The topological polar surface area (TPSA) is 69.6 Å². The van der Waals surface area contributed by atoms with Crippen LogP contribution in [0.5, 0.6) is 0 Å². The number of aliphatic hydroxyl groups is 1. The van der Waals surface area contributed by atoms with E-state index in [-0.39, 0.29) is 23.9 Å². The fraction of sp³-hybridized carbons (Fsp3) is 0.167. The van der Waals surface area contributed by atoms with Gasteiger partial charge in [-0.05, 0) is 18.2 Å². The monoisotopic (exact) mass is 284 g/mol. The first-order valence-corrected chi connectivity index (χ1v) is 5.81. The number of benzene rings is 1. The molecule has 0 unspecified atom stereocenters. The zero-order valence-electron chi connectivity index (χ0n) is 9.69. The van der Waals surface area contributed by atoms with Crippen molar-refractivity contribution in [3.63, 3.8) is 0 Å². The van der Waals surface area contributed by atoms with Gasteiger partial charge in [0.2, 0.25) is 0 Å². The highest BCUT2D eigenvalue weighted by molar-refractivity contribution is 6.30. The Labute approximate surface area is 113 Å². The lowest BCUT2D eigenvalue weighted by Gasteiger charge is -2.13. The van der Waals surface area contributed by atoms with E-state index in [4.69, 9.17) is 16.7 Å². The Morgan fingerprint density at radius 1 is 1.37 bits per heavy atom. The van der Waals surface area contributed by atoms with Crippen LogP contribution in [-0.4, -0.2) is 35.0 Å². The average Bonchev–Trinajstić information content (AvgIpc) is 2.62. The minimum atomic E-state index is -0.628. The van der Waals surface area contributed by atoms with Crippen molar-refractivity contribution in [2.75, 3.05) is 18.5 Å². The van der Waals surface area contributed by atoms with E-state index in [1.165, 1.54) is 12.1 Å². The summed E-state index contributed by atoms with van der Waals surface area (Å²) in [5.41, 5.74) is 0.334. The van der Waals surface area contributed by atoms with Gasteiger partial charge in [0.15, 0.2) is 0 Å². The van der Waals surface area contributed by atoms with Crippen molar-refractivity contribution in [2.24, 2.45) is 0 Å². The molecule has 0 fully saturated rings. The van der Waals surface area contributed by atoms with Crippen LogP contribution in [0.4, 0.5) is 10.1 Å². The number of β-amino-alcohol motifs (C(OH)–C–C–N with tert-alkyl or cyclic N) is 1. The minimum absolute atomic E-state index is 0.0279. The third kappa shape index (κ3) is 2.74. The molecule has 1 heterocycles. The Morgan fingerprint density at radius 2 is 2.11 bits per heavy atom. The molecular formula is C12H10ClFN2O3. The number of halogens is 2. The summed E-state index contributed by atoms with van der Waals surface area (Å²) in [5.74, 6) is -1.71. The van der Waals surface area contributed by atoms with Crippen LogP contribution in [0.2, 0.25) is 5.02 Å². The summed E-state index contributed by atoms with van der Waals surface area (Å²) in [6.07, 6.45) is 1.10. The fourth-order valence-corrected chi connectivity index (χ4v) is 1.76. The van der Waals surface area contributed by atoms with Crippen molar-refractivity contribution >= 4 is 29.1 Å². The zero-order valence-corrected chi connectivity index (χ0v) is 10.4. The van der Waals surface area contributed by atoms with E-state index < -0.39 is 17.6 Å². The average molecular weight is 285 g/mol. The SMILES string of the molecule is O=C1C=C(Nc2ccc(Cl)c(F)c2)C(=O)N1CCO. The Balaban J connectivity index is 2.16. The number of nitrogens with one attached hydrogen (secondary N) is 1. The molecule has 0 saturated carbocycles. The molecule has 7 heteroatoms. The molecule has 5 nitrogen and oxygen atoms in total. The van der Waals surface area contributed by atoms with Gasteiger partial charge >= 0.3 is 0 Å². The lowest BCUT2D eigenvalue weighted by atomic mass is 10.3. The third-order valence-electron chi connectivity index (χ3n) is 2.53. The van der Waals surface area contributed by atoms with E-state index in [1.54, 1.807) is 0 Å². The predicted octanol–water partition coefficient (Wildman–Crippen LogP) is 1.14. The van der Waals surface area contributed by atoms with Crippen molar-refractivity contribution < 1.29 is 19.1 Å². The summed E-state index contributed by atoms with van der Waals surface area (Å²) in [5, 5.41) is 11.4. The number of carbonyl (C=O) groups excluding carboxylic acids is 2. The van der Waals surface area contributed by atoms with E-state index in [0.717, 1.165) is 17.0 Å². The number of amides is 2. The maximum atomic E-state index is 13.2. The highest BCUT2D eigenvalue weighted by Gasteiger charge is 2.30. The smallest absolute Gasteiger partial charge is 0.277 e. The molecule has 1 aliphatic rings. The quantitative estimate of drug-likeness (QED) is 0.814. The van der Waals surface area contributed by atoms with Crippen molar-refractivity contribution in [2.45, 2.75) is 0 Å². The van der Waals surface area contributed by atoms with E-state index in [1.807, 2.05) is 0 Å². The predicted molar refractivity (Wildman–Crippen MR) is 66.9 cm³/mol. The second kappa shape index (κ2) is 5.38. The van der Waals surface area contributed by atoms with Crippen LogP contribution in [0.1, 0.15) is 0 Å². The molecular weight excluding hydrogens is 275 g/mol. The molecule has 2 rings (SSSR count). The Hall–Kier alpha value is -1.92. The molecule has 0 aliphatic carbocycles. The molecule has 0 aromatic heterocycles. The fourth-order valence-electron chi connectivity index (χ4n) is 1.64. The molecule has 0 spiro atoms. The molecule has 1 aliphatic heterocycles. The molecule has 0 bridgehead atoms. The number of nitrogens with zero attached hydrogens (tertiary/aromatic N) is 1. The molecule has 1 aromatic carbocycles. The van der Waals surface area contributed by atoms with Crippen LogP contribution in [-0.2, 0) is 9.59 Å². The second-order valence-electron chi connectivity index (χ2n) is 3.83. The van der Waals surface area contributed by atoms with Crippen molar-refractivity contribution in [3.8, 4) is 0 Å². The number of imide groups is 1. The first kappa shape index (κ1) is 13.5. The van der Waals surface area contributed by atoms with Gasteiger partial charge in [0, 0.05) is 11.8 Å². The molecule has 100 valence electrons. The molecule has 2 amide bonds. The Morgan fingerprint density at radius 3 is 2.74 bits per heavy atom. The highest BCUT2D eigenvalue weighted by Crippen LogP contribution is 2.21. The normalized spacial score (nSPS) is 14.9. The number of anilines is 1. The van der Waals surface area contributed by atoms with Crippen molar-refractivity contribution in [1.29, 1.82) is 0 Å². The van der Waals surface area contributed by atoms with E-state index in [0.29, 0.717) is 5.69 Å². The summed E-state index contributed by atoms with van der Waals surface area (Å²) in [6, 6.07) is 3.95. The number of hydrogen-bond acceptors (Lipinski definition) is 4. The van der Waals surface area contributed by atoms with Crippen LogP contribution >= 0.6 is 11.6 Å². The first-order valence-electron chi connectivity index (χ1n) is 5.43. The van der Waals surface area contributed by atoms with Crippen molar-refractivity contribution in [3.05, 3.63) is 40.8 Å². The van der Waals surface area contributed by atoms with E-state index >= 15 is 0 Å². The Bertz CT molecular complexity index is 574. The van der Waals surface area contributed by atoms with Crippen LogP contribution in [0.25, 0.3) is 0 Å². The number of carbonyl (C=O) groups is 2. The minimum Gasteiger partial charge on any atom is -0.395 e. The van der Waals surface area contributed by atoms with Gasteiger partial charge in [-0.25, -0.2) is 4.39 Å². The van der Waals surface area contributed by atoms with Crippen LogP contribution < -0.4 is 5.32 Å².